The summed E-state index contributed by atoms with van der Waals surface area (Å²) in [5, 5.41) is 2.90. The molecule has 38 heavy (non-hydrogen) atoms. The second-order valence-corrected chi connectivity index (χ2v) is 11.7. The monoisotopic (exact) mass is 597 g/mol. The SMILES string of the molecule is CC(C)(C)[NH-].C[C-](C)C.Cl.Cl.[Ti+3].[c-]1cccc2c1Cc1ccccc1-2.c1ccc([SiH]c2ccccc2)cc1. The van der Waals surface area contributed by atoms with Crippen LogP contribution in [0.25, 0.3) is 16.9 Å². The normalized spacial score (nSPS) is 10.1. The molecule has 0 unspecified atom stereocenters. The van der Waals surface area contributed by atoms with Gasteiger partial charge in [-0.2, -0.15) is 50.6 Å². The summed E-state index contributed by atoms with van der Waals surface area (Å²) in [6.45, 7) is 11.8. The second kappa shape index (κ2) is 20.3. The molecule has 0 atom stereocenters. The predicted molar refractivity (Wildman–Crippen MR) is 172 cm³/mol. The molecule has 1 aliphatic carbocycles. The number of benzene rings is 4. The maximum atomic E-state index is 6.94. The van der Waals surface area contributed by atoms with Crippen molar-refractivity contribution in [1.29, 1.82) is 0 Å². The van der Waals surface area contributed by atoms with Gasteiger partial charge in [0.1, 0.15) is 9.52 Å². The average molecular weight is 599 g/mol. The first-order valence-electron chi connectivity index (χ1n) is 12.2. The van der Waals surface area contributed by atoms with E-state index in [0.29, 0.717) is 0 Å². The number of fused-ring (bicyclic) bond motifs is 3. The van der Waals surface area contributed by atoms with Crippen LogP contribution >= 0.6 is 24.8 Å². The topological polar surface area (TPSA) is 23.8 Å². The van der Waals surface area contributed by atoms with Crippen LogP contribution < -0.4 is 10.4 Å². The zero-order chi connectivity index (χ0) is 25.7. The molecule has 0 heterocycles. The van der Waals surface area contributed by atoms with Crippen LogP contribution in [0, 0.1) is 12.0 Å². The van der Waals surface area contributed by atoms with Gasteiger partial charge in [0.25, 0.3) is 0 Å². The zero-order valence-corrected chi connectivity index (χ0v) is 27.8. The van der Waals surface area contributed by atoms with Crippen LogP contribution in [0.5, 0.6) is 0 Å². The fraction of sp³-hybridized carbons (Fsp3) is 0.242. The minimum Gasteiger partial charge on any atom is -0.673 e. The van der Waals surface area contributed by atoms with Crippen LogP contribution in [-0.2, 0) is 28.1 Å². The van der Waals surface area contributed by atoms with Crippen LogP contribution in [0.3, 0.4) is 0 Å². The van der Waals surface area contributed by atoms with E-state index in [1.54, 1.807) is 0 Å². The van der Waals surface area contributed by atoms with Gasteiger partial charge in [0.05, 0.1) is 0 Å². The standard InChI is InChI=1S/C13H9.C12H11Si.C4H10N.C4H9.2ClH.Ti/c1-3-7-12-10(5-1)9-11-6-2-4-8-13(11)12;1-3-7-11(8-4-1)13-12-9-5-2-6-10-12;1-4(2,3)5;1-4(2)3;;;/h1-5,7-8H,9H2;1-10,13H;5H,1-3H3;1-3H3;2*1H;/q-1;;2*-1;;;+3. The molecule has 0 aromatic heterocycles. The maximum absolute atomic E-state index is 6.94. The first kappa shape index (κ1) is 38.5. The summed E-state index contributed by atoms with van der Waals surface area (Å²) in [5.41, 5.74) is 12.2. The average Bonchev–Trinajstić information content (AvgIpc) is 3.18. The molecule has 4 aromatic carbocycles. The maximum Gasteiger partial charge on any atom is 3.00 e. The third-order valence-corrected chi connectivity index (χ3v) is 5.99. The molecule has 5 rings (SSSR count). The van der Waals surface area contributed by atoms with Crippen molar-refractivity contribution in [3.05, 3.63) is 132 Å². The Morgan fingerprint density at radius 2 is 1.08 bits per heavy atom. The molecule has 4 aromatic rings. The summed E-state index contributed by atoms with van der Waals surface area (Å²) in [7, 11) is 0.271. The minimum atomic E-state index is -0.250. The van der Waals surface area contributed by atoms with Gasteiger partial charge < -0.3 is 11.7 Å². The van der Waals surface area contributed by atoms with E-state index < -0.39 is 0 Å². The van der Waals surface area contributed by atoms with E-state index in [9.17, 15) is 0 Å². The molecule has 0 spiro atoms. The Kier molecular flexibility index (Phi) is 20.5. The second-order valence-electron chi connectivity index (χ2n) is 10.1. The Balaban J connectivity index is 0. The number of halogens is 2. The van der Waals surface area contributed by atoms with Gasteiger partial charge in [0, 0.05) is 0 Å². The van der Waals surface area contributed by atoms with E-state index in [1.165, 1.54) is 38.5 Å². The van der Waals surface area contributed by atoms with Gasteiger partial charge in [-0.1, -0.05) is 127 Å². The number of nitrogens with one attached hydrogen (secondary N) is 1. The Morgan fingerprint density at radius 1 is 0.684 bits per heavy atom. The van der Waals surface area contributed by atoms with E-state index in [4.69, 9.17) is 5.73 Å². The third kappa shape index (κ3) is 16.3. The van der Waals surface area contributed by atoms with E-state index >= 15 is 0 Å². The Labute approximate surface area is 261 Å². The van der Waals surface area contributed by atoms with Crippen LogP contribution in [0.4, 0.5) is 0 Å². The van der Waals surface area contributed by atoms with Gasteiger partial charge in [-0.15, -0.1) is 35.9 Å². The minimum absolute atomic E-state index is 0. The van der Waals surface area contributed by atoms with Gasteiger partial charge in [0.15, 0.2) is 0 Å². The summed E-state index contributed by atoms with van der Waals surface area (Å²) in [6, 6.07) is 39.4. The van der Waals surface area contributed by atoms with Gasteiger partial charge >= 0.3 is 21.7 Å². The fourth-order valence-electron chi connectivity index (χ4n) is 3.29. The van der Waals surface area contributed by atoms with E-state index in [2.05, 4.69) is 124 Å². The Morgan fingerprint density at radius 3 is 1.55 bits per heavy atom. The van der Waals surface area contributed by atoms with Crippen molar-refractivity contribution >= 4 is 44.7 Å². The first-order chi connectivity index (χ1) is 16.6. The molecule has 0 saturated heterocycles. The van der Waals surface area contributed by atoms with Gasteiger partial charge in [-0.3, -0.25) is 0 Å². The molecular formula is C33H41Cl2NSiTi. The Bertz CT molecular complexity index is 1040. The molecule has 1 N–H and O–H groups in total. The van der Waals surface area contributed by atoms with E-state index in [-0.39, 0.29) is 61.6 Å². The molecule has 200 valence electrons. The summed E-state index contributed by atoms with van der Waals surface area (Å²) in [6.07, 6.45) is 1.05. The molecule has 0 saturated carbocycles. The number of hydrogen-bond donors (Lipinski definition) is 0. The van der Waals surface area contributed by atoms with Crippen molar-refractivity contribution in [2.45, 2.75) is 53.5 Å². The number of rotatable bonds is 2. The molecule has 0 fully saturated rings. The van der Waals surface area contributed by atoms with Crippen LogP contribution in [0.2, 0.25) is 0 Å². The van der Waals surface area contributed by atoms with Gasteiger partial charge in [-0.05, 0) is 6.42 Å². The third-order valence-electron chi connectivity index (χ3n) is 4.55. The molecule has 0 amide bonds. The van der Waals surface area contributed by atoms with Gasteiger partial charge in [0.2, 0.25) is 0 Å². The van der Waals surface area contributed by atoms with Crippen LogP contribution in [0.15, 0.2) is 103 Å². The van der Waals surface area contributed by atoms with Crippen molar-refractivity contribution in [2.75, 3.05) is 0 Å². The van der Waals surface area contributed by atoms with E-state index in [1.807, 2.05) is 26.8 Å². The molecule has 0 bridgehead atoms. The number of hydrogen-bond acceptors (Lipinski definition) is 0. The van der Waals surface area contributed by atoms with Crippen molar-refractivity contribution in [3.8, 4) is 11.1 Å². The molecule has 2 radical (unpaired) electrons. The van der Waals surface area contributed by atoms with E-state index in [0.717, 1.165) is 6.42 Å². The molecule has 1 nitrogen and oxygen atoms in total. The quantitative estimate of drug-likeness (QED) is 0.144. The molecule has 0 aliphatic heterocycles. The molecular weight excluding hydrogens is 557 g/mol. The Hall–Kier alpha value is -1.65. The van der Waals surface area contributed by atoms with Crippen molar-refractivity contribution in [3.63, 3.8) is 0 Å². The predicted octanol–water partition coefficient (Wildman–Crippen LogP) is 8.43. The van der Waals surface area contributed by atoms with Crippen molar-refractivity contribution in [2.24, 2.45) is 0 Å². The smallest absolute Gasteiger partial charge is 0.673 e. The van der Waals surface area contributed by atoms with Crippen molar-refractivity contribution in [1.82, 2.24) is 0 Å². The summed E-state index contributed by atoms with van der Waals surface area (Å²) in [4.78, 5) is 0. The molecule has 1 aliphatic rings. The summed E-state index contributed by atoms with van der Waals surface area (Å²) < 4.78 is 0. The van der Waals surface area contributed by atoms with Crippen LogP contribution in [0.1, 0.15) is 52.7 Å². The first-order valence-corrected chi connectivity index (χ1v) is 13.3. The summed E-state index contributed by atoms with van der Waals surface area (Å²) in [5.74, 6) is 1.42. The largest absolute Gasteiger partial charge is 3.00 e. The van der Waals surface area contributed by atoms with Gasteiger partial charge in [-0.25, -0.2) is 0 Å². The summed E-state index contributed by atoms with van der Waals surface area (Å²) >= 11 is 0. The molecule has 5 heteroatoms. The van der Waals surface area contributed by atoms with Crippen LogP contribution in [-0.4, -0.2) is 15.1 Å². The zero-order valence-electron chi connectivity index (χ0n) is 23.4. The fourth-order valence-corrected chi connectivity index (χ4v) is 4.50. The van der Waals surface area contributed by atoms with Crippen molar-refractivity contribution < 1.29 is 21.7 Å².